The van der Waals surface area contributed by atoms with Crippen molar-refractivity contribution >= 4 is 5.97 Å². The molecular formula is C10H16N4O2. The highest BCUT2D eigenvalue weighted by atomic mass is 16.7. The van der Waals surface area contributed by atoms with E-state index in [1.807, 2.05) is 29.7 Å². The molecule has 0 aliphatic carbocycles. The predicted molar refractivity (Wildman–Crippen MR) is 58.6 cm³/mol. The predicted octanol–water partition coefficient (Wildman–Crippen LogP) is -0.175. The Morgan fingerprint density at radius 3 is 2.88 bits per heavy atom. The summed E-state index contributed by atoms with van der Waals surface area (Å²) in [4.78, 5) is 21.4. The average molecular weight is 224 g/mol. The van der Waals surface area contributed by atoms with Crippen molar-refractivity contribution in [2.45, 2.75) is 13.0 Å². The lowest BCUT2D eigenvalue weighted by Crippen LogP contribution is -2.29. The van der Waals surface area contributed by atoms with Gasteiger partial charge in [-0.25, -0.2) is 5.84 Å². The van der Waals surface area contributed by atoms with E-state index in [0.29, 0.717) is 13.0 Å². The van der Waals surface area contributed by atoms with Gasteiger partial charge in [-0.3, -0.25) is 9.78 Å². The van der Waals surface area contributed by atoms with Crippen molar-refractivity contribution in [1.29, 1.82) is 0 Å². The number of nitrogens with one attached hydrogen (secondary N) is 1. The van der Waals surface area contributed by atoms with Crippen molar-refractivity contribution in [2.24, 2.45) is 5.84 Å². The summed E-state index contributed by atoms with van der Waals surface area (Å²) >= 11 is 0. The number of carbonyl (C=O) groups is 1. The van der Waals surface area contributed by atoms with Crippen LogP contribution in [-0.2, 0) is 16.2 Å². The molecule has 0 aliphatic rings. The smallest absolute Gasteiger partial charge is 0.327 e. The highest BCUT2D eigenvalue weighted by Crippen LogP contribution is 2.01. The minimum atomic E-state index is -0.371. The summed E-state index contributed by atoms with van der Waals surface area (Å²) in [6.07, 6.45) is 3.79. The third-order valence-corrected chi connectivity index (χ3v) is 2.07. The minimum absolute atomic E-state index is 0.297. The van der Waals surface area contributed by atoms with Crippen LogP contribution in [0.2, 0.25) is 0 Å². The minimum Gasteiger partial charge on any atom is -0.356 e. The average Bonchev–Trinajstić information content (AvgIpc) is 2.28. The van der Waals surface area contributed by atoms with Gasteiger partial charge in [0.05, 0.1) is 6.42 Å². The number of rotatable bonds is 6. The summed E-state index contributed by atoms with van der Waals surface area (Å²) in [7, 11) is 1.93. The first-order valence-electron chi connectivity index (χ1n) is 4.95. The molecule has 1 aromatic heterocycles. The van der Waals surface area contributed by atoms with E-state index in [9.17, 15) is 4.79 Å². The second-order valence-electron chi connectivity index (χ2n) is 3.44. The largest absolute Gasteiger partial charge is 0.356 e. The van der Waals surface area contributed by atoms with E-state index in [4.69, 9.17) is 5.84 Å². The normalized spacial score (nSPS) is 10.4. The van der Waals surface area contributed by atoms with Crippen molar-refractivity contribution < 1.29 is 9.63 Å². The third-order valence-electron chi connectivity index (χ3n) is 2.07. The zero-order chi connectivity index (χ0) is 11.8. The number of hydrogen-bond acceptors (Lipinski definition) is 6. The molecule has 6 nitrogen and oxygen atoms in total. The molecule has 0 saturated heterocycles. The van der Waals surface area contributed by atoms with E-state index in [0.717, 1.165) is 12.1 Å². The van der Waals surface area contributed by atoms with Crippen molar-refractivity contribution in [3.8, 4) is 0 Å². The molecule has 88 valence electrons. The SMILES string of the molecule is CN(CCC(=O)ONN)Cc1ccncc1. The number of hydrogen-bond donors (Lipinski definition) is 2. The van der Waals surface area contributed by atoms with Gasteiger partial charge in [-0.2, -0.15) is 0 Å². The maximum Gasteiger partial charge on any atom is 0.327 e. The molecule has 0 aliphatic heterocycles. The monoisotopic (exact) mass is 224 g/mol. The summed E-state index contributed by atoms with van der Waals surface area (Å²) in [5, 5.41) is 0. The first kappa shape index (κ1) is 12.6. The van der Waals surface area contributed by atoms with E-state index in [1.165, 1.54) is 0 Å². The first-order valence-corrected chi connectivity index (χ1v) is 4.95. The van der Waals surface area contributed by atoms with E-state index >= 15 is 0 Å². The van der Waals surface area contributed by atoms with Gasteiger partial charge >= 0.3 is 5.97 Å². The second kappa shape index (κ2) is 6.89. The summed E-state index contributed by atoms with van der Waals surface area (Å²) in [5.41, 5.74) is 3.02. The molecule has 0 amide bonds. The maximum absolute atomic E-state index is 11.0. The van der Waals surface area contributed by atoms with E-state index in [-0.39, 0.29) is 5.97 Å². The topological polar surface area (TPSA) is 80.5 Å². The maximum atomic E-state index is 11.0. The molecule has 0 radical (unpaired) electrons. The fourth-order valence-corrected chi connectivity index (χ4v) is 1.28. The molecule has 1 heterocycles. The number of pyridine rings is 1. The molecule has 16 heavy (non-hydrogen) atoms. The third kappa shape index (κ3) is 4.83. The molecule has 0 atom stereocenters. The van der Waals surface area contributed by atoms with Crippen LogP contribution in [0.5, 0.6) is 0 Å². The molecular weight excluding hydrogens is 208 g/mol. The quantitative estimate of drug-likeness (QED) is 0.515. The number of nitrogens with zero attached hydrogens (tertiary/aromatic N) is 2. The molecule has 1 aromatic rings. The summed E-state index contributed by atoms with van der Waals surface area (Å²) in [6.45, 7) is 1.38. The van der Waals surface area contributed by atoms with E-state index in [2.05, 4.69) is 9.82 Å². The molecule has 0 aromatic carbocycles. The summed E-state index contributed by atoms with van der Waals surface area (Å²) in [6, 6.07) is 3.88. The van der Waals surface area contributed by atoms with Crippen LogP contribution in [0.4, 0.5) is 0 Å². The highest BCUT2D eigenvalue weighted by molar-refractivity contribution is 5.69. The summed E-state index contributed by atoms with van der Waals surface area (Å²) < 4.78 is 0. The van der Waals surface area contributed by atoms with Crippen LogP contribution in [0.25, 0.3) is 0 Å². The van der Waals surface area contributed by atoms with Gasteiger partial charge in [0.25, 0.3) is 0 Å². The van der Waals surface area contributed by atoms with Crippen molar-refractivity contribution in [3.05, 3.63) is 30.1 Å². The van der Waals surface area contributed by atoms with Crippen LogP contribution in [0, 0.1) is 0 Å². The lowest BCUT2D eigenvalue weighted by Gasteiger charge is -2.15. The van der Waals surface area contributed by atoms with Gasteiger partial charge in [0.1, 0.15) is 0 Å². The van der Waals surface area contributed by atoms with Gasteiger partial charge in [-0.05, 0) is 24.7 Å². The molecule has 0 unspecified atom stereocenters. The standard InChI is InChI=1S/C10H16N4O2/c1-14(7-4-10(15)16-13-11)8-9-2-5-12-6-3-9/h2-3,5-6,13H,4,7-8,11H2,1H3. The van der Waals surface area contributed by atoms with Gasteiger partial charge in [-0.1, -0.05) is 5.59 Å². The number of carbonyl (C=O) groups excluding carboxylic acids is 1. The lowest BCUT2D eigenvalue weighted by molar-refractivity contribution is -0.151. The van der Waals surface area contributed by atoms with Gasteiger partial charge in [0.2, 0.25) is 0 Å². The van der Waals surface area contributed by atoms with Crippen LogP contribution in [0.3, 0.4) is 0 Å². The first-order chi connectivity index (χ1) is 7.72. The van der Waals surface area contributed by atoms with Crippen LogP contribution in [-0.4, -0.2) is 29.4 Å². The summed E-state index contributed by atoms with van der Waals surface area (Å²) in [5.74, 6) is 4.47. The molecule has 3 N–H and O–H groups in total. The molecule has 0 fully saturated rings. The van der Waals surface area contributed by atoms with Crippen LogP contribution in [0.15, 0.2) is 24.5 Å². The molecule has 0 bridgehead atoms. The fraction of sp³-hybridized carbons (Fsp3) is 0.400. The molecule has 6 heteroatoms. The second-order valence-corrected chi connectivity index (χ2v) is 3.44. The molecule has 1 rings (SSSR count). The van der Waals surface area contributed by atoms with Crippen LogP contribution in [0.1, 0.15) is 12.0 Å². The van der Waals surface area contributed by atoms with Crippen molar-refractivity contribution in [3.63, 3.8) is 0 Å². The molecule has 0 spiro atoms. The van der Waals surface area contributed by atoms with Gasteiger partial charge in [0, 0.05) is 25.5 Å². The number of nitrogens with two attached hydrogens (primary N) is 1. The molecule has 0 saturated carbocycles. The Morgan fingerprint density at radius 1 is 1.56 bits per heavy atom. The van der Waals surface area contributed by atoms with Crippen LogP contribution >= 0.6 is 0 Å². The van der Waals surface area contributed by atoms with Crippen molar-refractivity contribution in [1.82, 2.24) is 15.5 Å². The Labute approximate surface area is 94.3 Å². The van der Waals surface area contributed by atoms with Crippen LogP contribution < -0.4 is 11.4 Å². The Morgan fingerprint density at radius 2 is 2.25 bits per heavy atom. The Balaban J connectivity index is 2.26. The highest BCUT2D eigenvalue weighted by Gasteiger charge is 2.05. The Hall–Kier alpha value is -1.50. The van der Waals surface area contributed by atoms with E-state index < -0.39 is 0 Å². The van der Waals surface area contributed by atoms with Gasteiger partial charge < -0.3 is 9.74 Å². The Kier molecular flexibility index (Phi) is 5.41. The van der Waals surface area contributed by atoms with Gasteiger partial charge in [-0.15, -0.1) is 0 Å². The fourth-order valence-electron chi connectivity index (χ4n) is 1.28. The van der Waals surface area contributed by atoms with E-state index in [1.54, 1.807) is 12.4 Å². The Bertz CT molecular complexity index is 318. The zero-order valence-electron chi connectivity index (χ0n) is 9.22. The number of aromatic nitrogens is 1. The lowest BCUT2D eigenvalue weighted by atomic mass is 10.2. The van der Waals surface area contributed by atoms with Gasteiger partial charge in [0.15, 0.2) is 0 Å². The zero-order valence-corrected chi connectivity index (χ0v) is 9.22. The number of hydrazine groups is 1. The van der Waals surface area contributed by atoms with Crippen molar-refractivity contribution in [2.75, 3.05) is 13.6 Å².